The summed E-state index contributed by atoms with van der Waals surface area (Å²) in [6.45, 7) is 6.09. The average Bonchev–Trinajstić information content (AvgIpc) is 2.45. The number of nitrogens with zero attached hydrogens (tertiary/aromatic N) is 1. The summed E-state index contributed by atoms with van der Waals surface area (Å²) < 4.78 is 15.4. The second-order valence-corrected chi connectivity index (χ2v) is 5.04. The van der Waals surface area contributed by atoms with Gasteiger partial charge in [-0.05, 0) is 26.8 Å². The first kappa shape index (κ1) is 18.5. The van der Waals surface area contributed by atoms with E-state index in [2.05, 4.69) is 5.32 Å². The van der Waals surface area contributed by atoms with Crippen LogP contribution in [-0.4, -0.2) is 36.8 Å². The zero-order chi connectivity index (χ0) is 17.6. The first-order valence-corrected chi connectivity index (χ1v) is 7.22. The second-order valence-electron chi connectivity index (χ2n) is 5.04. The molecular weight excluding hydrogens is 304 g/mol. The van der Waals surface area contributed by atoms with Crippen LogP contribution in [0.3, 0.4) is 0 Å². The molecule has 1 rings (SSSR count). The minimum atomic E-state index is -1.60. The summed E-state index contributed by atoms with van der Waals surface area (Å²) in [5.41, 5.74) is -1.60. The van der Waals surface area contributed by atoms with Crippen molar-refractivity contribution in [3.63, 3.8) is 0 Å². The summed E-state index contributed by atoms with van der Waals surface area (Å²) in [7, 11) is 0. The van der Waals surface area contributed by atoms with Crippen LogP contribution in [0.25, 0.3) is 0 Å². The largest absolute Gasteiger partial charge is 0.466 e. The number of amides is 1. The maximum Gasteiger partial charge on any atom is 0.316 e. The molecular formula is C15H20N2O6. The molecule has 126 valence electrons. The highest BCUT2D eigenvalue weighted by Gasteiger charge is 2.53. The van der Waals surface area contributed by atoms with Gasteiger partial charge in [-0.2, -0.15) is 5.26 Å². The van der Waals surface area contributed by atoms with Gasteiger partial charge in [0.25, 0.3) is 0 Å². The van der Waals surface area contributed by atoms with Crippen molar-refractivity contribution in [2.45, 2.75) is 33.4 Å². The number of esters is 2. The van der Waals surface area contributed by atoms with Crippen LogP contribution in [0.2, 0.25) is 0 Å². The molecule has 1 aliphatic rings. The van der Waals surface area contributed by atoms with Gasteiger partial charge in [-0.15, -0.1) is 0 Å². The second kappa shape index (κ2) is 7.63. The van der Waals surface area contributed by atoms with Gasteiger partial charge in [0, 0.05) is 6.92 Å². The van der Waals surface area contributed by atoms with E-state index < -0.39 is 35.4 Å². The van der Waals surface area contributed by atoms with Crippen LogP contribution in [0.4, 0.5) is 0 Å². The van der Waals surface area contributed by atoms with Crippen LogP contribution in [0.5, 0.6) is 0 Å². The number of nitriles is 1. The highest BCUT2D eigenvalue weighted by Crippen LogP contribution is 2.36. The van der Waals surface area contributed by atoms with Crippen LogP contribution in [0, 0.1) is 23.2 Å². The Labute approximate surface area is 134 Å². The highest BCUT2D eigenvalue weighted by atomic mass is 16.6. The molecule has 1 N–H and O–H groups in total. The number of allylic oxidation sites excluding steroid dienone is 1. The number of carbonyl (C=O) groups is 3. The van der Waals surface area contributed by atoms with Crippen LogP contribution < -0.4 is 5.32 Å². The van der Waals surface area contributed by atoms with Gasteiger partial charge in [-0.25, -0.2) is 0 Å². The highest BCUT2D eigenvalue weighted by molar-refractivity contribution is 5.86. The standard InChI is InChI=1S/C15H20N2O6/c1-5-21-13(19)11-7-10(8-16)23-15(4,17-9(3)18)12(11)14(20)22-6-2/h7,11-12H,5-6H2,1-4H3,(H,17,18)/t11-,12+,15+/m1/s1. The predicted molar refractivity (Wildman–Crippen MR) is 77.2 cm³/mol. The molecule has 0 bridgehead atoms. The van der Waals surface area contributed by atoms with Gasteiger partial charge in [0.05, 0.1) is 19.1 Å². The van der Waals surface area contributed by atoms with Crippen LogP contribution >= 0.6 is 0 Å². The molecule has 8 nitrogen and oxygen atoms in total. The molecule has 8 heteroatoms. The quantitative estimate of drug-likeness (QED) is 0.738. The summed E-state index contributed by atoms with van der Waals surface area (Å²) in [5.74, 6) is -4.37. The van der Waals surface area contributed by atoms with Crippen molar-refractivity contribution >= 4 is 17.8 Å². The van der Waals surface area contributed by atoms with Gasteiger partial charge in [0.1, 0.15) is 12.0 Å². The molecule has 0 radical (unpaired) electrons. The minimum absolute atomic E-state index is 0.0931. The lowest BCUT2D eigenvalue weighted by Crippen LogP contribution is -2.60. The van der Waals surface area contributed by atoms with Gasteiger partial charge in [0.15, 0.2) is 11.5 Å². The molecule has 0 aromatic heterocycles. The molecule has 0 aromatic carbocycles. The van der Waals surface area contributed by atoms with Gasteiger partial charge in [-0.1, -0.05) is 0 Å². The van der Waals surface area contributed by atoms with Crippen molar-refractivity contribution in [1.82, 2.24) is 5.32 Å². The average molecular weight is 324 g/mol. The number of hydrogen-bond donors (Lipinski definition) is 1. The summed E-state index contributed by atoms with van der Waals surface area (Å²) in [5, 5.41) is 11.6. The maximum absolute atomic E-state index is 12.3. The van der Waals surface area contributed by atoms with Crippen LogP contribution in [0.15, 0.2) is 11.8 Å². The van der Waals surface area contributed by atoms with E-state index in [0.29, 0.717) is 0 Å². The first-order valence-electron chi connectivity index (χ1n) is 7.22. The maximum atomic E-state index is 12.3. The third-order valence-electron chi connectivity index (χ3n) is 3.24. The zero-order valence-corrected chi connectivity index (χ0v) is 13.5. The van der Waals surface area contributed by atoms with E-state index in [9.17, 15) is 14.4 Å². The van der Waals surface area contributed by atoms with Crippen molar-refractivity contribution in [3.8, 4) is 6.07 Å². The van der Waals surface area contributed by atoms with Crippen LogP contribution in [-0.2, 0) is 28.6 Å². The van der Waals surface area contributed by atoms with Crippen molar-refractivity contribution < 1.29 is 28.6 Å². The fourth-order valence-corrected chi connectivity index (χ4v) is 2.49. The molecule has 1 amide bonds. The number of ether oxygens (including phenoxy) is 3. The van der Waals surface area contributed by atoms with E-state index in [4.69, 9.17) is 19.5 Å². The predicted octanol–water partition coefficient (Wildman–Crippen LogP) is 0.635. The Morgan fingerprint density at radius 1 is 1.30 bits per heavy atom. The lowest BCUT2D eigenvalue weighted by atomic mass is 9.81. The third-order valence-corrected chi connectivity index (χ3v) is 3.24. The SMILES string of the molecule is CCOC(=O)[C@@H]1[C@H](C(=O)OCC)C=C(C#N)O[C@]1(C)NC(C)=O. The first-order chi connectivity index (χ1) is 10.8. The molecule has 1 aliphatic heterocycles. The molecule has 0 unspecified atom stereocenters. The smallest absolute Gasteiger partial charge is 0.316 e. The Balaban J connectivity index is 3.36. The van der Waals surface area contributed by atoms with Crippen LogP contribution in [0.1, 0.15) is 27.7 Å². The Morgan fingerprint density at radius 3 is 2.35 bits per heavy atom. The van der Waals surface area contributed by atoms with Gasteiger partial charge < -0.3 is 19.5 Å². The van der Waals surface area contributed by atoms with Gasteiger partial charge >= 0.3 is 11.9 Å². The number of hydrogen-bond acceptors (Lipinski definition) is 7. The molecule has 0 saturated carbocycles. The molecule has 1 heterocycles. The Morgan fingerprint density at radius 2 is 1.87 bits per heavy atom. The summed E-state index contributed by atoms with van der Waals surface area (Å²) in [6.07, 6.45) is 1.21. The summed E-state index contributed by atoms with van der Waals surface area (Å²) >= 11 is 0. The fourth-order valence-electron chi connectivity index (χ4n) is 2.49. The third kappa shape index (κ3) is 4.22. The monoisotopic (exact) mass is 324 g/mol. The zero-order valence-electron chi connectivity index (χ0n) is 13.5. The fraction of sp³-hybridized carbons (Fsp3) is 0.600. The number of rotatable bonds is 5. The van der Waals surface area contributed by atoms with Crippen molar-refractivity contribution in [3.05, 3.63) is 11.8 Å². The Bertz CT molecular complexity index is 565. The van der Waals surface area contributed by atoms with Gasteiger partial charge in [-0.3, -0.25) is 14.4 Å². The normalized spacial score (nSPS) is 26.1. The molecule has 0 spiro atoms. The molecule has 3 atom stereocenters. The molecule has 0 saturated heterocycles. The molecule has 0 fully saturated rings. The molecule has 23 heavy (non-hydrogen) atoms. The summed E-state index contributed by atoms with van der Waals surface area (Å²) in [6, 6.07) is 1.78. The number of carbonyl (C=O) groups excluding carboxylic acids is 3. The van der Waals surface area contributed by atoms with E-state index >= 15 is 0 Å². The van der Waals surface area contributed by atoms with Gasteiger partial charge in [0.2, 0.25) is 5.91 Å². The molecule has 0 aromatic rings. The van der Waals surface area contributed by atoms with Crippen molar-refractivity contribution in [2.24, 2.45) is 11.8 Å². The van der Waals surface area contributed by atoms with E-state index in [0.717, 1.165) is 0 Å². The lowest BCUT2D eigenvalue weighted by Gasteiger charge is -2.41. The molecule has 0 aliphatic carbocycles. The lowest BCUT2D eigenvalue weighted by molar-refractivity contribution is -0.178. The Kier molecular flexibility index (Phi) is 6.13. The van der Waals surface area contributed by atoms with E-state index in [-0.39, 0.29) is 19.0 Å². The van der Waals surface area contributed by atoms with Crippen molar-refractivity contribution in [2.75, 3.05) is 13.2 Å². The van der Waals surface area contributed by atoms with Crippen molar-refractivity contribution in [1.29, 1.82) is 5.26 Å². The van der Waals surface area contributed by atoms with E-state index in [1.165, 1.54) is 19.9 Å². The summed E-state index contributed by atoms with van der Waals surface area (Å²) in [4.78, 5) is 36.0. The topological polar surface area (TPSA) is 115 Å². The van der Waals surface area contributed by atoms with E-state index in [1.807, 2.05) is 0 Å². The Hall–Kier alpha value is -2.56. The minimum Gasteiger partial charge on any atom is -0.466 e. The number of nitrogens with one attached hydrogen (secondary N) is 1. The van der Waals surface area contributed by atoms with E-state index in [1.54, 1.807) is 19.9 Å².